The summed E-state index contributed by atoms with van der Waals surface area (Å²) in [5, 5.41) is 4.36. The lowest BCUT2D eigenvalue weighted by atomic mass is 10.0. The molecule has 0 radical (unpaired) electrons. The molecule has 2 heterocycles. The predicted octanol–water partition coefficient (Wildman–Crippen LogP) is 1.57. The van der Waals surface area contributed by atoms with Gasteiger partial charge >= 0.3 is 0 Å². The van der Waals surface area contributed by atoms with Gasteiger partial charge in [0.1, 0.15) is 0 Å². The van der Waals surface area contributed by atoms with Crippen molar-refractivity contribution < 1.29 is 8.42 Å². The summed E-state index contributed by atoms with van der Waals surface area (Å²) in [7, 11) is -2.85. The summed E-state index contributed by atoms with van der Waals surface area (Å²) in [5.74, 6) is 1.62. The molecule has 0 amide bonds. The molecule has 1 saturated carbocycles. The lowest BCUT2D eigenvalue weighted by Crippen LogP contribution is -2.45. The fourth-order valence-electron chi connectivity index (χ4n) is 3.20. The van der Waals surface area contributed by atoms with E-state index in [2.05, 4.69) is 5.32 Å². The zero-order chi connectivity index (χ0) is 12.9. The van der Waals surface area contributed by atoms with E-state index in [0.717, 1.165) is 10.9 Å². The molecule has 102 valence electrons. The molecule has 1 spiro atoms. The molecule has 1 saturated heterocycles. The first kappa shape index (κ1) is 12.8. The fourth-order valence-corrected chi connectivity index (χ4v) is 6.63. The van der Waals surface area contributed by atoms with Gasteiger partial charge in [-0.3, -0.25) is 4.99 Å². The SMILES string of the molecule is CC1(NC2=NC3(CCCC3)CS2)CCS(=O)(=O)C1. The Hall–Kier alpha value is -0.230. The summed E-state index contributed by atoms with van der Waals surface area (Å²) >= 11 is 1.77. The van der Waals surface area contributed by atoms with Crippen LogP contribution in [0.5, 0.6) is 0 Å². The largest absolute Gasteiger partial charge is 0.359 e. The zero-order valence-corrected chi connectivity index (χ0v) is 12.4. The Bertz CT molecular complexity index is 480. The summed E-state index contributed by atoms with van der Waals surface area (Å²) in [6.45, 7) is 2.00. The first-order chi connectivity index (χ1) is 8.41. The van der Waals surface area contributed by atoms with E-state index in [4.69, 9.17) is 4.99 Å². The Morgan fingerprint density at radius 3 is 2.61 bits per heavy atom. The van der Waals surface area contributed by atoms with Gasteiger partial charge in [0.15, 0.2) is 15.0 Å². The van der Waals surface area contributed by atoms with Crippen LogP contribution in [0.15, 0.2) is 4.99 Å². The van der Waals surface area contributed by atoms with Crippen molar-refractivity contribution in [3.8, 4) is 0 Å². The highest BCUT2D eigenvalue weighted by atomic mass is 32.2. The van der Waals surface area contributed by atoms with Crippen LogP contribution >= 0.6 is 11.8 Å². The van der Waals surface area contributed by atoms with Gasteiger partial charge in [-0.2, -0.15) is 0 Å². The van der Waals surface area contributed by atoms with Gasteiger partial charge in [-0.25, -0.2) is 8.42 Å². The smallest absolute Gasteiger partial charge is 0.157 e. The van der Waals surface area contributed by atoms with Crippen molar-refractivity contribution in [1.29, 1.82) is 0 Å². The van der Waals surface area contributed by atoms with E-state index in [1.54, 1.807) is 11.8 Å². The highest BCUT2D eigenvalue weighted by Crippen LogP contribution is 2.41. The van der Waals surface area contributed by atoms with Gasteiger partial charge in [0, 0.05) is 5.75 Å². The van der Waals surface area contributed by atoms with Crippen LogP contribution in [0.3, 0.4) is 0 Å². The van der Waals surface area contributed by atoms with Crippen molar-refractivity contribution in [1.82, 2.24) is 5.32 Å². The Morgan fingerprint density at radius 2 is 2.00 bits per heavy atom. The van der Waals surface area contributed by atoms with Crippen LogP contribution in [-0.2, 0) is 9.84 Å². The molecule has 3 rings (SSSR count). The molecule has 1 unspecified atom stereocenters. The van der Waals surface area contributed by atoms with Crippen molar-refractivity contribution in [2.75, 3.05) is 17.3 Å². The van der Waals surface area contributed by atoms with Gasteiger partial charge in [-0.1, -0.05) is 24.6 Å². The Morgan fingerprint density at radius 1 is 1.28 bits per heavy atom. The van der Waals surface area contributed by atoms with Gasteiger partial charge < -0.3 is 5.32 Å². The molecule has 2 aliphatic heterocycles. The summed E-state index contributed by atoms with van der Waals surface area (Å²) in [5.41, 5.74) is -0.143. The molecule has 3 aliphatic rings. The normalized spacial score (nSPS) is 37.1. The van der Waals surface area contributed by atoms with E-state index in [1.807, 2.05) is 6.92 Å². The van der Waals surface area contributed by atoms with Crippen molar-refractivity contribution in [3.05, 3.63) is 0 Å². The molecule has 0 aromatic heterocycles. The van der Waals surface area contributed by atoms with Crippen LogP contribution < -0.4 is 5.32 Å². The first-order valence-electron chi connectivity index (χ1n) is 6.62. The summed E-state index contributed by atoms with van der Waals surface area (Å²) in [6.07, 6.45) is 5.65. The molecule has 1 atom stereocenters. The van der Waals surface area contributed by atoms with Crippen LogP contribution in [0.1, 0.15) is 39.0 Å². The van der Waals surface area contributed by atoms with Crippen molar-refractivity contribution in [3.63, 3.8) is 0 Å². The number of aliphatic imine (C=N–C) groups is 1. The third-order valence-electron chi connectivity index (χ3n) is 4.26. The Labute approximate surface area is 113 Å². The van der Waals surface area contributed by atoms with Crippen LogP contribution in [-0.4, -0.2) is 41.9 Å². The maximum atomic E-state index is 11.6. The molecule has 1 aliphatic carbocycles. The molecule has 2 fully saturated rings. The zero-order valence-electron chi connectivity index (χ0n) is 10.7. The lowest BCUT2D eigenvalue weighted by Gasteiger charge is -2.24. The minimum absolute atomic E-state index is 0.167. The molecule has 1 N–H and O–H groups in total. The van der Waals surface area contributed by atoms with E-state index in [1.165, 1.54) is 25.7 Å². The number of hydrogen-bond acceptors (Lipinski definition) is 5. The van der Waals surface area contributed by atoms with Gasteiger partial charge in [0.2, 0.25) is 0 Å². The quantitative estimate of drug-likeness (QED) is 0.795. The van der Waals surface area contributed by atoms with E-state index < -0.39 is 9.84 Å². The maximum Gasteiger partial charge on any atom is 0.157 e. The number of rotatable bonds is 1. The monoisotopic (exact) mass is 288 g/mol. The minimum atomic E-state index is -2.85. The number of sulfone groups is 1. The summed E-state index contributed by atoms with van der Waals surface area (Å²) in [4.78, 5) is 4.85. The second-order valence-electron chi connectivity index (χ2n) is 6.16. The average Bonchev–Trinajstić information content (AvgIpc) is 2.92. The summed E-state index contributed by atoms with van der Waals surface area (Å²) in [6, 6.07) is 0. The molecule has 0 aromatic rings. The van der Waals surface area contributed by atoms with Crippen molar-refractivity contribution in [2.24, 2.45) is 4.99 Å². The van der Waals surface area contributed by atoms with Gasteiger partial charge in [-0.15, -0.1) is 0 Å². The van der Waals surface area contributed by atoms with E-state index in [0.29, 0.717) is 12.2 Å². The summed E-state index contributed by atoms with van der Waals surface area (Å²) < 4.78 is 23.2. The van der Waals surface area contributed by atoms with Crippen molar-refractivity contribution >= 4 is 26.8 Å². The minimum Gasteiger partial charge on any atom is -0.359 e. The molecular formula is C12H20N2O2S2. The second kappa shape index (κ2) is 4.13. The van der Waals surface area contributed by atoms with Gasteiger partial charge in [0.05, 0.1) is 22.6 Å². The first-order valence-corrected chi connectivity index (χ1v) is 9.43. The van der Waals surface area contributed by atoms with E-state index in [9.17, 15) is 8.42 Å². The third kappa shape index (κ3) is 2.41. The van der Waals surface area contributed by atoms with E-state index in [-0.39, 0.29) is 16.8 Å². The maximum absolute atomic E-state index is 11.6. The standard InChI is InChI=1S/C12H20N2O2S2/c1-11(6-7-18(15,16)9-11)13-10-14-12(8-17-10)4-2-3-5-12/h2-9H2,1H3,(H,13,14). The van der Waals surface area contributed by atoms with E-state index >= 15 is 0 Å². The van der Waals surface area contributed by atoms with Crippen LogP contribution in [0.2, 0.25) is 0 Å². The molecule has 0 bridgehead atoms. The number of thioether (sulfide) groups is 1. The predicted molar refractivity (Wildman–Crippen MR) is 75.9 cm³/mol. The van der Waals surface area contributed by atoms with Gasteiger partial charge in [0.25, 0.3) is 0 Å². The number of nitrogens with one attached hydrogen (secondary N) is 1. The highest BCUT2D eigenvalue weighted by Gasteiger charge is 2.43. The average molecular weight is 288 g/mol. The topological polar surface area (TPSA) is 58.5 Å². The Kier molecular flexibility index (Phi) is 2.94. The van der Waals surface area contributed by atoms with Crippen LogP contribution in [0.25, 0.3) is 0 Å². The molecule has 0 aromatic carbocycles. The lowest BCUT2D eigenvalue weighted by molar-refractivity contribution is 0.466. The molecule has 4 nitrogen and oxygen atoms in total. The number of nitrogens with zero attached hydrogens (tertiary/aromatic N) is 1. The number of amidine groups is 1. The molecular weight excluding hydrogens is 268 g/mol. The Balaban J connectivity index is 1.71. The fraction of sp³-hybridized carbons (Fsp3) is 0.917. The third-order valence-corrected chi connectivity index (χ3v) is 7.31. The van der Waals surface area contributed by atoms with Crippen LogP contribution in [0, 0.1) is 0 Å². The number of hydrogen-bond donors (Lipinski definition) is 1. The highest BCUT2D eigenvalue weighted by molar-refractivity contribution is 8.14. The van der Waals surface area contributed by atoms with Crippen molar-refractivity contribution in [2.45, 2.75) is 50.1 Å². The second-order valence-corrected chi connectivity index (χ2v) is 9.31. The van der Waals surface area contributed by atoms with Gasteiger partial charge in [-0.05, 0) is 26.2 Å². The molecule has 6 heteroatoms. The van der Waals surface area contributed by atoms with Crippen LogP contribution in [0.4, 0.5) is 0 Å². The molecule has 18 heavy (non-hydrogen) atoms.